The van der Waals surface area contributed by atoms with Gasteiger partial charge in [0.15, 0.2) is 5.82 Å². The molecule has 0 aliphatic rings. The molecule has 0 aliphatic heterocycles. The molecule has 0 saturated carbocycles. The summed E-state index contributed by atoms with van der Waals surface area (Å²) in [4.78, 5) is 8.87. The second-order valence-corrected chi connectivity index (χ2v) is 4.52. The lowest BCUT2D eigenvalue weighted by Crippen LogP contribution is -1.99. The Morgan fingerprint density at radius 1 is 1.05 bits per heavy atom. The molecule has 21 heavy (non-hydrogen) atoms. The number of hydrogen-bond donors (Lipinski definition) is 2. The highest BCUT2D eigenvalue weighted by Crippen LogP contribution is 2.24. The molecule has 0 aliphatic carbocycles. The number of aromatic amines is 1. The van der Waals surface area contributed by atoms with Crippen LogP contribution in [0.1, 0.15) is 5.69 Å². The van der Waals surface area contributed by atoms with E-state index in [1.165, 1.54) is 0 Å². The van der Waals surface area contributed by atoms with E-state index in [1.807, 2.05) is 43.3 Å². The van der Waals surface area contributed by atoms with Crippen LogP contribution in [0.2, 0.25) is 0 Å². The maximum Gasteiger partial charge on any atom is 0.240 e. The molecule has 0 amide bonds. The number of nitrogens with zero attached hydrogens (tertiary/aromatic N) is 3. The van der Waals surface area contributed by atoms with Crippen molar-refractivity contribution < 1.29 is 4.74 Å². The SMILES string of the molecule is CNc1cc(Oc2cc(C)[nH]n2)nc(-c2ccccc2)n1. The summed E-state index contributed by atoms with van der Waals surface area (Å²) in [7, 11) is 1.81. The van der Waals surface area contributed by atoms with Crippen LogP contribution in [-0.4, -0.2) is 27.2 Å². The predicted octanol–water partition coefficient (Wildman–Crippen LogP) is 3.01. The van der Waals surface area contributed by atoms with Gasteiger partial charge in [-0.1, -0.05) is 30.3 Å². The van der Waals surface area contributed by atoms with E-state index in [0.717, 1.165) is 11.3 Å². The highest BCUT2D eigenvalue weighted by molar-refractivity contribution is 5.58. The van der Waals surface area contributed by atoms with Gasteiger partial charge in [-0.2, -0.15) is 4.98 Å². The van der Waals surface area contributed by atoms with Crippen molar-refractivity contribution in [2.45, 2.75) is 6.92 Å². The monoisotopic (exact) mass is 281 g/mol. The van der Waals surface area contributed by atoms with Crippen molar-refractivity contribution in [3.63, 3.8) is 0 Å². The van der Waals surface area contributed by atoms with Crippen LogP contribution < -0.4 is 10.1 Å². The summed E-state index contributed by atoms with van der Waals surface area (Å²) in [6, 6.07) is 13.3. The normalized spacial score (nSPS) is 10.4. The molecule has 3 aromatic rings. The summed E-state index contributed by atoms with van der Waals surface area (Å²) >= 11 is 0. The third kappa shape index (κ3) is 3.00. The number of ether oxygens (including phenoxy) is 1. The van der Waals surface area contributed by atoms with Crippen molar-refractivity contribution in [3.8, 4) is 23.1 Å². The molecule has 0 atom stereocenters. The van der Waals surface area contributed by atoms with Gasteiger partial charge in [0.25, 0.3) is 0 Å². The molecule has 3 rings (SSSR count). The van der Waals surface area contributed by atoms with E-state index >= 15 is 0 Å². The van der Waals surface area contributed by atoms with Crippen LogP contribution >= 0.6 is 0 Å². The Kier molecular flexibility index (Phi) is 3.51. The number of hydrogen-bond acceptors (Lipinski definition) is 5. The fraction of sp³-hybridized carbons (Fsp3) is 0.133. The zero-order chi connectivity index (χ0) is 14.7. The van der Waals surface area contributed by atoms with Crippen LogP contribution in [0.15, 0.2) is 42.5 Å². The van der Waals surface area contributed by atoms with Crippen LogP contribution in [-0.2, 0) is 0 Å². The van der Waals surface area contributed by atoms with Crippen LogP contribution in [0, 0.1) is 6.92 Å². The first-order chi connectivity index (χ1) is 10.2. The predicted molar refractivity (Wildman–Crippen MR) is 80.4 cm³/mol. The minimum atomic E-state index is 0.444. The molecule has 0 unspecified atom stereocenters. The average molecular weight is 281 g/mol. The molecule has 6 heteroatoms. The van der Waals surface area contributed by atoms with Crippen LogP contribution in [0.5, 0.6) is 11.8 Å². The number of aromatic nitrogens is 4. The summed E-state index contributed by atoms with van der Waals surface area (Å²) in [6.45, 7) is 1.91. The highest BCUT2D eigenvalue weighted by atomic mass is 16.5. The molecular weight excluding hydrogens is 266 g/mol. The Hall–Kier alpha value is -2.89. The van der Waals surface area contributed by atoms with E-state index in [-0.39, 0.29) is 0 Å². The van der Waals surface area contributed by atoms with Gasteiger partial charge in [-0.15, -0.1) is 5.10 Å². The number of benzene rings is 1. The second kappa shape index (κ2) is 5.62. The standard InChI is InChI=1S/C15H15N5O/c1-10-8-14(20-19-10)21-13-9-12(16-2)17-15(18-13)11-6-4-3-5-7-11/h3-9H,1-2H3,(H,19,20)(H,16,17,18). The zero-order valence-electron chi connectivity index (χ0n) is 11.8. The van der Waals surface area contributed by atoms with Gasteiger partial charge >= 0.3 is 0 Å². The van der Waals surface area contributed by atoms with E-state index < -0.39 is 0 Å². The summed E-state index contributed by atoms with van der Waals surface area (Å²) in [6.07, 6.45) is 0. The Labute approximate surface area is 122 Å². The Morgan fingerprint density at radius 2 is 1.86 bits per heavy atom. The van der Waals surface area contributed by atoms with Gasteiger partial charge in [0.1, 0.15) is 5.82 Å². The van der Waals surface area contributed by atoms with Crippen molar-refractivity contribution in [2.75, 3.05) is 12.4 Å². The molecule has 0 saturated heterocycles. The quantitative estimate of drug-likeness (QED) is 0.768. The van der Waals surface area contributed by atoms with Gasteiger partial charge in [0.05, 0.1) is 0 Å². The molecule has 0 fully saturated rings. The van der Waals surface area contributed by atoms with Gasteiger partial charge in [0.2, 0.25) is 11.8 Å². The third-order valence-electron chi connectivity index (χ3n) is 2.88. The van der Waals surface area contributed by atoms with Crippen molar-refractivity contribution in [1.29, 1.82) is 0 Å². The number of anilines is 1. The molecule has 2 heterocycles. The smallest absolute Gasteiger partial charge is 0.240 e. The molecular formula is C15H15N5O. The maximum atomic E-state index is 5.67. The molecule has 1 aromatic carbocycles. The summed E-state index contributed by atoms with van der Waals surface area (Å²) < 4.78 is 5.67. The average Bonchev–Trinajstić information content (AvgIpc) is 2.93. The van der Waals surface area contributed by atoms with Crippen molar-refractivity contribution in [3.05, 3.63) is 48.2 Å². The number of nitrogens with one attached hydrogen (secondary N) is 2. The van der Waals surface area contributed by atoms with E-state index in [9.17, 15) is 0 Å². The summed E-state index contributed by atoms with van der Waals surface area (Å²) in [5, 5.41) is 9.88. The minimum Gasteiger partial charge on any atom is -0.419 e. The first-order valence-electron chi connectivity index (χ1n) is 6.57. The minimum absolute atomic E-state index is 0.444. The lowest BCUT2D eigenvalue weighted by Gasteiger charge is -2.07. The number of H-pyrrole nitrogens is 1. The highest BCUT2D eigenvalue weighted by Gasteiger charge is 2.09. The first-order valence-corrected chi connectivity index (χ1v) is 6.57. The van der Waals surface area contributed by atoms with Gasteiger partial charge in [-0.05, 0) is 6.92 Å². The van der Waals surface area contributed by atoms with Gasteiger partial charge in [-0.3, -0.25) is 5.10 Å². The van der Waals surface area contributed by atoms with Crippen LogP contribution in [0.25, 0.3) is 11.4 Å². The molecule has 0 spiro atoms. The van der Waals surface area contributed by atoms with Crippen molar-refractivity contribution in [2.24, 2.45) is 0 Å². The number of aryl methyl sites for hydroxylation is 1. The summed E-state index contributed by atoms with van der Waals surface area (Å²) in [5.41, 5.74) is 1.86. The molecule has 0 bridgehead atoms. The Morgan fingerprint density at radius 3 is 2.52 bits per heavy atom. The molecule has 2 N–H and O–H groups in total. The first kappa shape index (κ1) is 13.1. The van der Waals surface area contributed by atoms with Crippen molar-refractivity contribution in [1.82, 2.24) is 20.2 Å². The molecule has 6 nitrogen and oxygen atoms in total. The Bertz CT molecular complexity index is 739. The van der Waals surface area contributed by atoms with Crippen LogP contribution in [0.4, 0.5) is 5.82 Å². The van der Waals surface area contributed by atoms with E-state index in [4.69, 9.17) is 4.74 Å². The van der Waals surface area contributed by atoms with Gasteiger partial charge in [-0.25, -0.2) is 4.98 Å². The maximum absolute atomic E-state index is 5.67. The third-order valence-corrected chi connectivity index (χ3v) is 2.88. The fourth-order valence-electron chi connectivity index (χ4n) is 1.87. The fourth-order valence-corrected chi connectivity index (χ4v) is 1.87. The lowest BCUT2D eigenvalue weighted by molar-refractivity contribution is 0.443. The second-order valence-electron chi connectivity index (χ2n) is 4.52. The summed E-state index contributed by atoms with van der Waals surface area (Å²) in [5.74, 6) is 2.21. The topological polar surface area (TPSA) is 75.7 Å². The molecule has 106 valence electrons. The van der Waals surface area contributed by atoms with Gasteiger partial charge < -0.3 is 10.1 Å². The largest absolute Gasteiger partial charge is 0.419 e. The molecule has 0 radical (unpaired) electrons. The van der Waals surface area contributed by atoms with Crippen molar-refractivity contribution >= 4 is 5.82 Å². The van der Waals surface area contributed by atoms with Crippen LogP contribution in [0.3, 0.4) is 0 Å². The Balaban J connectivity index is 1.97. The van der Waals surface area contributed by atoms with E-state index in [0.29, 0.717) is 23.4 Å². The van der Waals surface area contributed by atoms with Gasteiger partial charge in [0, 0.05) is 30.4 Å². The lowest BCUT2D eigenvalue weighted by atomic mass is 10.2. The molecule has 2 aromatic heterocycles. The van der Waals surface area contributed by atoms with E-state index in [2.05, 4.69) is 25.5 Å². The van der Waals surface area contributed by atoms with E-state index in [1.54, 1.807) is 13.1 Å². The zero-order valence-corrected chi connectivity index (χ0v) is 11.8. The number of rotatable bonds is 4.